The summed E-state index contributed by atoms with van der Waals surface area (Å²) in [6, 6.07) is -0.199. The summed E-state index contributed by atoms with van der Waals surface area (Å²) in [5.74, 6) is 0.720. The van der Waals surface area contributed by atoms with Crippen LogP contribution < -0.4 is 10.5 Å². The van der Waals surface area contributed by atoms with Gasteiger partial charge in [0.25, 0.3) is 0 Å². The molecular weight excluding hydrogens is 222 g/mol. The molecular formula is C11H19N3O3. The molecule has 1 aromatic rings. The molecule has 2 N–H and O–H groups in total. The average Bonchev–Trinajstić information content (AvgIpc) is 2.95. The molecule has 17 heavy (non-hydrogen) atoms. The van der Waals surface area contributed by atoms with Crippen LogP contribution in [0.4, 0.5) is 0 Å². The van der Waals surface area contributed by atoms with Gasteiger partial charge < -0.3 is 19.9 Å². The molecule has 1 saturated heterocycles. The van der Waals surface area contributed by atoms with Gasteiger partial charge in [0.2, 0.25) is 0 Å². The number of nitrogens with two attached hydrogens (primary N) is 1. The normalized spacial score (nSPS) is 18.5. The number of ether oxygens (including phenoxy) is 3. The van der Waals surface area contributed by atoms with Crippen molar-refractivity contribution in [1.29, 1.82) is 0 Å². The zero-order chi connectivity index (χ0) is 12.3. The van der Waals surface area contributed by atoms with E-state index in [9.17, 15) is 0 Å². The molecule has 6 nitrogen and oxygen atoms in total. The minimum atomic E-state index is -0.213. The Balaban J connectivity index is 2.10. The van der Waals surface area contributed by atoms with Crippen molar-refractivity contribution in [2.75, 3.05) is 20.3 Å². The van der Waals surface area contributed by atoms with E-state index in [4.69, 9.17) is 19.9 Å². The average molecular weight is 241 g/mol. The molecule has 0 amide bonds. The van der Waals surface area contributed by atoms with Crippen LogP contribution >= 0.6 is 0 Å². The smallest absolute Gasteiger partial charge is 0.161 e. The van der Waals surface area contributed by atoms with Crippen LogP contribution in [0.1, 0.15) is 25.1 Å². The number of hydrogen-bond acceptors (Lipinski definition) is 5. The van der Waals surface area contributed by atoms with Crippen molar-refractivity contribution in [1.82, 2.24) is 9.78 Å². The van der Waals surface area contributed by atoms with Gasteiger partial charge in [-0.15, -0.1) is 0 Å². The zero-order valence-corrected chi connectivity index (χ0v) is 10.3. The maximum atomic E-state index is 6.17. The summed E-state index contributed by atoms with van der Waals surface area (Å²) in [7, 11) is 1.62. The Morgan fingerprint density at radius 1 is 1.59 bits per heavy atom. The third kappa shape index (κ3) is 2.59. The highest BCUT2D eigenvalue weighted by Gasteiger charge is 2.24. The summed E-state index contributed by atoms with van der Waals surface area (Å²) in [5, 5.41) is 4.23. The van der Waals surface area contributed by atoms with Crippen LogP contribution in [0, 0.1) is 0 Å². The van der Waals surface area contributed by atoms with Crippen molar-refractivity contribution in [2.45, 2.75) is 32.2 Å². The summed E-state index contributed by atoms with van der Waals surface area (Å²) in [6.45, 7) is 4.06. The van der Waals surface area contributed by atoms with Gasteiger partial charge >= 0.3 is 0 Å². The SMILES string of the molecule is CCn1ncc(OC)c1C(N)CC1OCCO1. The van der Waals surface area contributed by atoms with E-state index in [1.165, 1.54) is 0 Å². The van der Waals surface area contributed by atoms with Crippen LogP contribution in [-0.4, -0.2) is 36.4 Å². The maximum Gasteiger partial charge on any atom is 0.161 e. The van der Waals surface area contributed by atoms with E-state index in [1.54, 1.807) is 13.3 Å². The summed E-state index contributed by atoms with van der Waals surface area (Å²) >= 11 is 0. The Bertz CT molecular complexity index is 339. The summed E-state index contributed by atoms with van der Waals surface area (Å²) in [4.78, 5) is 0. The van der Waals surface area contributed by atoms with Gasteiger partial charge in [-0.2, -0.15) is 5.10 Å². The van der Waals surface area contributed by atoms with Crippen LogP contribution in [0.5, 0.6) is 5.75 Å². The topological polar surface area (TPSA) is 71.5 Å². The fraction of sp³-hybridized carbons (Fsp3) is 0.727. The number of methoxy groups -OCH3 is 1. The zero-order valence-electron chi connectivity index (χ0n) is 10.3. The van der Waals surface area contributed by atoms with E-state index < -0.39 is 0 Å². The molecule has 0 aromatic carbocycles. The molecule has 1 aromatic heterocycles. The van der Waals surface area contributed by atoms with E-state index in [0.717, 1.165) is 18.0 Å². The van der Waals surface area contributed by atoms with Gasteiger partial charge in [-0.25, -0.2) is 0 Å². The quantitative estimate of drug-likeness (QED) is 0.820. The lowest BCUT2D eigenvalue weighted by molar-refractivity contribution is -0.0512. The first-order valence-electron chi connectivity index (χ1n) is 5.84. The van der Waals surface area contributed by atoms with Crippen LogP contribution in [0.3, 0.4) is 0 Å². The van der Waals surface area contributed by atoms with Crippen LogP contribution in [-0.2, 0) is 16.0 Å². The first-order chi connectivity index (χ1) is 8.26. The van der Waals surface area contributed by atoms with E-state index >= 15 is 0 Å². The van der Waals surface area contributed by atoms with E-state index in [1.807, 2.05) is 11.6 Å². The first kappa shape index (κ1) is 12.3. The van der Waals surface area contributed by atoms with Gasteiger partial charge in [0, 0.05) is 13.0 Å². The highest BCUT2D eigenvalue weighted by atomic mass is 16.7. The molecule has 0 aliphatic carbocycles. The highest BCUT2D eigenvalue weighted by Crippen LogP contribution is 2.27. The predicted octanol–water partition coefficient (Wildman–Crippen LogP) is 0.674. The largest absolute Gasteiger partial charge is 0.493 e. The Labute approximate surface area is 101 Å². The lowest BCUT2D eigenvalue weighted by Crippen LogP contribution is -2.22. The van der Waals surface area contributed by atoms with Gasteiger partial charge in [-0.05, 0) is 6.92 Å². The summed E-state index contributed by atoms with van der Waals surface area (Å²) in [6.07, 6.45) is 2.09. The van der Waals surface area contributed by atoms with Gasteiger partial charge in [0.05, 0.1) is 38.3 Å². The second-order valence-electron chi connectivity index (χ2n) is 3.93. The molecule has 6 heteroatoms. The lowest BCUT2D eigenvalue weighted by atomic mass is 10.1. The minimum absolute atomic E-state index is 0.199. The van der Waals surface area contributed by atoms with Gasteiger partial charge in [0.1, 0.15) is 0 Å². The standard InChI is InChI=1S/C11H19N3O3/c1-3-14-11(9(15-2)7-13-14)8(12)6-10-16-4-5-17-10/h7-8,10H,3-6,12H2,1-2H3. The van der Waals surface area contributed by atoms with Gasteiger partial charge in [-0.1, -0.05) is 0 Å². The lowest BCUT2D eigenvalue weighted by Gasteiger charge is -2.17. The number of aryl methyl sites for hydroxylation is 1. The van der Waals surface area contributed by atoms with Crippen molar-refractivity contribution < 1.29 is 14.2 Å². The second kappa shape index (κ2) is 5.48. The monoisotopic (exact) mass is 241 g/mol. The summed E-state index contributed by atoms with van der Waals surface area (Å²) in [5.41, 5.74) is 7.07. The van der Waals surface area contributed by atoms with Crippen LogP contribution in [0.2, 0.25) is 0 Å². The Hall–Kier alpha value is -1.11. The molecule has 1 aliphatic heterocycles. The third-order valence-corrected chi connectivity index (χ3v) is 2.85. The van der Waals surface area contributed by atoms with Crippen molar-refractivity contribution in [2.24, 2.45) is 5.73 Å². The summed E-state index contributed by atoms with van der Waals surface area (Å²) < 4.78 is 17.9. The maximum absolute atomic E-state index is 6.17. The van der Waals surface area contributed by atoms with Crippen LogP contribution in [0.25, 0.3) is 0 Å². The molecule has 1 fully saturated rings. The van der Waals surface area contributed by atoms with E-state index in [0.29, 0.717) is 19.6 Å². The molecule has 1 atom stereocenters. The molecule has 2 rings (SSSR count). The molecule has 96 valence electrons. The van der Waals surface area contributed by atoms with E-state index in [2.05, 4.69) is 5.10 Å². The highest BCUT2D eigenvalue weighted by molar-refractivity contribution is 5.28. The molecule has 0 saturated carbocycles. The predicted molar refractivity (Wildman–Crippen MR) is 61.7 cm³/mol. The van der Waals surface area contributed by atoms with Crippen molar-refractivity contribution in [3.05, 3.63) is 11.9 Å². The molecule has 0 bridgehead atoms. The Morgan fingerprint density at radius 3 is 2.88 bits per heavy atom. The number of nitrogens with zero attached hydrogens (tertiary/aromatic N) is 2. The third-order valence-electron chi connectivity index (χ3n) is 2.85. The fourth-order valence-electron chi connectivity index (χ4n) is 2.02. The number of aromatic nitrogens is 2. The molecule has 1 aliphatic rings. The number of hydrogen-bond donors (Lipinski definition) is 1. The molecule has 0 spiro atoms. The van der Waals surface area contributed by atoms with E-state index in [-0.39, 0.29) is 12.3 Å². The van der Waals surface area contributed by atoms with Gasteiger partial charge in [0.15, 0.2) is 12.0 Å². The second-order valence-corrected chi connectivity index (χ2v) is 3.93. The molecule has 0 radical (unpaired) electrons. The molecule has 2 heterocycles. The first-order valence-corrected chi connectivity index (χ1v) is 5.84. The van der Waals surface area contributed by atoms with Gasteiger partial charge in [-0.3, -0.25) is 4.68 Å². The Morgan fingerprint density at radius 2 is 2.29 bits per heavy atom. The van der Waals surface area contributed by atoms with Crippen molar-refractivity contribution in [3.8, 4) is 5.75 Å². The number of rotatable bonds is 5. The molecule has 1 unspecified atom stereocenters. The van der Waals surface area contributed by atoms with Crippen LogP contribution in [0.15, 0.2) is 6.20 Å². The van der Waals surface area contributed by atoms with Crippen molar-refractivity contribution in [3.63, 3.8) is 0 Å². The Kier molecular flexibility index (Phi) is 3.98. The van der Waals surface area contributed by atoms with Crippen molar-refractivity contribution >= 4 is 0 Å². The fourth-order valence-corrected chi connectivity index (χ4v) is 2.02. The minimum Gasteiger partial charge on any atom is -0.493 e.